The molecule has 1 saturated heterocycles. The zero-order chi connectivity index (χ0) is 14.4. The predicted molar refractivity (Wildman–Crippen MR) is 82.4 cm³/mol. The van der Waals surface area contributed by atoms with E-state index in [0.717, 1.165) is 25.6 Å². The predicted octanol–water partition coefficient (Wildman–Crippen LogP) is 2.77. The van der Waals surface area contributed by atoms with E-state index in [9.17, 15) is 4.79 Å². The molecule has 0 radical (unpaired) electrons. The van der Waals surface area contributed by atoms with Gasteiger partial charge in [0.05, 0.1) is 0 Å². The maximum absolute atomic E-state index is 12.2. The van der Waals surface area contributed by atoms with Crippen molar-refractivity contribution in [3.8, 4) is 0 Å². The van der Waals surface area contributed by atoms with Crippen LogP contribution in [0.1, 0.15) is 31.7 Å². The Bertz CT molecular complexity index is 418. The Labute approximate surface area is 122 Å². The maximum Gasteiger partial charge on any atom is 0.223 e. The Morgan fingerprint density at radius 2 is 2.10 bits per heavy atom. The summed E-state index contributed by atoms with van der Waals surface area (Å²) in [6.07, 6.45) is 3.24. The molecule has 0 saturated carbocycles. The molecule has 0 aliphatic carbocycles. The van der Waals surface area contributed by atoms with Gasteiger partial charge in [0.25, 0.3) is 0 Å². The van der Waals surface area contributed by atoms with Crippen LogP contribution in [0, 0.1) is 5.92 Å². The summed E-state index contributed by atoms with van der Waals surface area (Å²) in [6.45, 7) is 6.21. The highest BCUT2D eigenvalue weighted by atomic mass is 16.2. The molecule has 1 fully saturated rings. The van der Waals surface area contributed by atoms with Crippen molar-refractivity contribution in [3.63, 3.8) is 0 Å². The lowest BCUT2D eigenvalue weighted by molar-refractivity contribution is -0.130. The molecular formula is C17H26N2O. The highest BCUT2D eigenvalue weighted by Gasteiger charge is 2.17. The zero-order valence-corrected chi connectivity index (χ0v) is 12.7. The van der Waals surface area contributed by atoms with E-state index < -0.39 is 0 Å². The molecule has 1 aromatic rings. The first-order chi connectivity index (χ1) is 9.65. The molecule has 1 aliphatic rings. The normalized spacial score (nSPS) is 19.8. The molecule has 3 heteroatoms. The second-order valence-corrected chi connectivity index (χ2v) is 6.03. The molecule has 1 aliphatic heterocycles. The summed E-state index contributed by atoms with van der Waals surface area (Å²) in [5, 5.41) is 0. The highest BCUT2D eigenvalue weighted by Crippen LogP contribution is 2.15. The average molecular weight is 274 g/mol. The largest absolute Gasteiger partial charge is 0.341 e. The van der Waals surface area contributed by atoms with E-state index in [-0.39, 0.29) is 5.91 Å². The van der Waals surface area contributed by atoms with Crippen LogP contribution < -0.4 is 0 Å². The van der Waals surface area contributed by atoms with E-state index >= 15 is 0 Å². The molecular weight excluding hydrogens is 248 g/mol. The van der Waals surface area contributed by atoms with E-state index in [1.165, 1.54) is 18.4 Å². The minimum atomic E-state index is 0.243. The quantitative estimate of drug-likeness (QED) is 0.824. The molecule has 1 amide bonds. The number of rotatable bonds is 5. The van der Waals surface area contributed by atoms with E-state index in [4.69, 9.17) is 0 Å². The van der Waals surface area contributed by atoms with Gasteiger partial charge in [-0.05, 0) is 30.9 Å². The van der Waals surface area contributed by atoms with Crippen LogP contribution in [0.2, 0.25) is 0 Å². The smallest absolute Gasteiger partial charge is 0.223 e. The van der Waals surface area contributed by atoms with Crippen molar-refractivity contribution in [1.29, 1.82) is 0 Å². The van der Waals surface area contributed by atoms with Gasteiger partial charge in [0.2, 0.25) is 5.91 Å². The fourth-order valence-electron chi connectivity index (χ4n) is 2.88. The van der Waals surface area contributed by atoms with Crippen molar-refractivity contribution in [3.05, 3.63) is 35.9 Å². The number of hydrogen-bond donors (Lipinski definition) is 0. The van der Waals surface area contributed by atoms with Crippen LogP contribution in [-0.2, 0) is 11.3 Å². The lowest BCUT2D eigenvalue weighted by atomic mass is 10.0. The molecule has 0 bridgehead atoms. The molecule has 0 aromatic heterocycles. The van der Waals surface area contributed by atoms with Gasteiger partial charge in [-0.25, -0.2) is 0 Å². The second-order valence-electron chi connectivity index (χ2n) is 6.03. The number of amides is 1. The Hall–Kier alpha value is -1.35. The molecule has 3 nitrogen and oxygen atoms in total. The van der Waals surface area contributed by atoms with E-state index in [1.54, 1.807) is 0 Å². The number of benzene rings is 1. The van der Waals surface area contributed by atoms with Crippen LogP contribution in [0.15, 0.2) is 30.3 Å². The van der Waals surface area contributed by atoms with Gasteiger partial charge in [-0.1, -0.05) is 37.3 Å². The summed E-state index contributed by atoms with van der Waals surface area (Å²) < 4.78 is 0. The number of hydrogen-bond acceptors (Lipinski definition) is 2. The summed E-state index contributed by atoms with van der Waals surface area (Å²) in [4.78, 5) is 16.4. The summed E-state index contributed by atoms with van der Waals surface area (Å²) in [7, 11) is 1.90. The van der Waals surface area contributed by atoms with Crippen LogP contribution >= 0.6 is 0 Å². The van der Waals surface area contributed by atoms with Gasteiger partial charge in [-0.2, -0.15) is 0 Å². The summed E-state index contributed by atoms with van der Waals surface area (Å²) in [5.74, 6) is 1.02. The highest BCUT2D eigenvalue weighted by molar-refractivity contribution is 5.76. The van der Waals surface area contributed by atoms with Crippen molar-refractivity contribution in [2.45, 2.75) is 32.7 Å². The Kier molecular flexibility index (Phi) is 5.60. The first-order valence-electron chi connectivity index (χ1n) is 7.65. The van der Waals surface area contributed by atoms with Gasteiger partial charge in [0, 0.05) is 33.1 Å². The molecule has 1 atom stereocenters. The van der Waals surface area contributed by atoms with Gasteiger partial charge < -0.3 is 9.80 Å². The average Bonchev–Trinajstić information content (AvgIpc) is 2.46. The number of nitrogens with zero attached hydrogens (tertiary/aromatic N) is 2. The minimum absolute atomic E-state index is 0.243. The van der Waals surface area contributed by atoms with Crippen LogP contribution in [-0.4, -0.2) is 42.4 Å². The molecule has 1 unspecified atom stereocenters. The van der Waals surface area contributed by atoms with Crippen LogP contribution in [0.4, 0.5) is 0 Å². The van der Waals surface area contributed by atoms with Crippen molar-refractivity contribution in [2.75, 3.05) is 26.7 Å². The lowest BCUT2D eigenvalue weighted by Gasteiger charge is -2.31. The zero-order valence-electron chi connectivity index (χ0n) is 12.7. The molecule has 1 aromatic carbocycles. The van der Waals surface area contributed by atoms with E-state index in [0.29, 0.717) is 13.0 Å². The molecule has 20 heavy (non-hydrogen) atoms. The third-order valence-corrected chi connectivity index (χ3v) is 4.07. The van der Waals surface area contributed by atoms with Gasteiger partial charge in [-0.3, -0.25) is 4.79 Å². The fraction of sp³-hybridized carbons (Fsp3) is 0.588. The summed E-state index contributed by atoms with van der Waals surface area (Å²) in [5.41, 5.74) is 1.19. The minimum Gasteiger partial charge on any atom is -0.341 e. The van der Waals surface area contributed by atoms with Crippen molar-refractivity contribution < 1.29 is 4.79 Å². The van der Waals surface area contributed by atoms with Crippen LogP contribution in [0.5, 0.6) is 0 Å². The van der Waals surface area contributed by atoms with Crippen molar-refractivity contribution in [2.24, 2.45) is 5.92 Å². The fourth-order valence-corrected chi connectivity index (χ4v) is 2.88. The third kappa shape index (κ3) is 4.64. The van der Waals surface area contributed by atoms with Crippen molar-refractivity contribution in [1.82, 2.24) is 9.80 Å². The summed E-state index contributed by atoms with van der Waals surface area (Å²) in [6, 6.07) is 10.2. The number of carbonyl (C=O) groups is 1. The van der Waals surface area contributed by atoms with Gasteiger partial charge >= 0.3 is 0 Å². The number of likely N-dealkylation sites (tertiary alicyclic amines) is 1. The Morgan fingerprint density at radius 3 is 2.80 bits per heavy atom. The lowest BCUT2D eigenvalue weighted by Crippen LogP contribution is -2.37. The van der Waals surface area contributed by atoms with E-state index in [2.05, 4.69) is 24.0 Å². The van der Waals surface area contributed by atoms with Gasteiger partial charge in [-0.15, -0.1) is 0 Å². The first kappa shape index (κ1) is 15.0. The molecule has 2 rings (SSSR count). The number of carbonyl (C=O) groups excluding carboxylic acids is 1. The monoisotopic (exact) mass is 274 g/mol. The topological polar surface area (TPSA) is 23.6 Å². The van der Waals surface area contributed by atoms with Crippen LogP contribution in [0.25, 0.3) is 0 Å². The second kappa shape index (κ2) is 7.44. The maximum atomic E-state index is 12.2. The molecule has 1 heterocycles. The molecule has 0 N–H and O–H groups in total. The third-order valence-electron chi connectivity index (χ3n) is 4.07. The Morgan fingerprint density at radius 1 is 1.35 bits per heavy atom. The molecule has 0 spiro atoms. The SMILES string of the molecule is CC1CCCN(CCC(=O)N(C)Cc2ccccc2)C1. The van der Waals surface area contributed by atoms with Gasteiger partial charge in [0.15, 0.2) is 0 Å². The van der Waals surface area contributed by atoms with E-state index in [1.807, 2.05) is 30.1 Å². The summed E-state index contributed by atoms with van der Waals surface area (Å²) >= 11 is 0. The standard InChI is InChI=1S/C17H26N2O/c1-15-7-6-11-19(13-15)12-10-17(20)18(2)14-16-8-4-3-5-9-16/h3-5,8-9,15H,6-7,10-14H2,1-2H3. The first-order valence-corrected chi connectivity index (χ1v) is 7.65. The Balaban J connectivity index is 1.74. The van der Waals surface area contributed by atoms with Crippen LogP contribution in [0.3, 0.4) is 0 Å². The number of piperidine rings is 1. The molecule has 110 valence electrons. The van der Waals surface area contributed by atoms with Gasteiger partial charge in [0.1, 0.15) is 0 Å². The van der Waals surface area contributed by atoms with Crippen molar-refractivity contribution >= 4 is 5.91 Å².